The summed E-state index contributed by atoms with van der Waals surface area (Å²) >= 11 is 11.9. The summed E-state index contributed by atoms with van der Waals surface area (Å²) in [5, 5.41) is 0. The highest BCUT2D eigenvalue weighted by Gasteiger charge is 2.63. The van der Waals surface area contributed by atoms with Crippen LogP contribution in [0.5, 0.6) is 0 Å². The molecule has 0 aliphatic heterocycles. The molecule has 1 aromatic rings. The van der Waals surface area contributed by atoms with Gasteiger partial charge in [-0.25, -0.2) is 0 Å². The number of fused-ring (bicyclic) bond motifs is 5. The van der Waals surface area contributed by atoms with Crippen LogP contribution in [0.1, 0.15) is 84.1 Å². The van der Waals surface area contributed by atoms with Crippen molar-refractivity contribution in [3.05, 3.63) is 29.8 Å². The van der Waals surface area contributed by atoms with Crippen molar-refractivity contribution in [2.45, 2.75) is 91.1 Å². The Labute approximate surface area is 239 Å². The molecule has 0 bridgehead atoms. The molecule has 0 aromatic heterocycles. The smallest absolute Gasteiger partial charge is 0.310 e. The Hall–Kier alpha value is -1.26. The molecule has 0 saturated heterocycles. The Morgan fingerprint density at radius 2 is 1.66 bits per heavy atom. The maximum Gasteiger partial charge on any atom is 0.310 e. The lowest BCUT2D eigenvalue weighted by Crippen LogP contribution is -2.58. The monoisotopic (exact) mass is 561 g/mol. The third-order valence-corrected chi connectivity index (χ3v) is 12.0. The van der Waals surface area contributed by atoms with Gasteiger partial charge in [-0.05, 0) is 97.6 Å². The van der Waals surface area contributed by atoms with Gasteiger partial charge >= 0.3 is 5.97 Å². The van der Waals surface area contributed by atoms with Crippen molar-refractivity contribution in [2.75, 3.05) is 29.7 Å². The molecular formula is C32H45Cl2NO3. The van der Waals surface area contributed by atoms with Gasteiger partial charge in [-0.3, -0.25) is 9.59 Å². The van der Waals surface area contributed by atoms with Crippen molar-refractivity contribution in [2.24, 2.45) is 34.0 Å². The quantitative estimate of drug-likeness (QED) is 0.244. The molecule has 4 aliphatic carbocycles. The maximum atomic E-state index is 13.0. The van der Waals surface area contributed by atoms with Crippen LogP contribution in [0.15, 0.2) is 24.3 Å². The molecule has 0 heterocycles. The van der Waals surface area contributed by atoms with Gasteiger partial charge < -0.3 is 9.64 Å². The van der Waals surface area contributed by atoms with Crippen molar-refractivity contribution < 1.29 is 14.3 Å². The molecule has 38 heavy (non-hydrogen) atoms. The highest BCUT2D eigenvalue weighted by molar-refractivity contribution is 6.18. The van der Waals surface area contributed by atoms with E-state index in [4.69, 9.17) is 27.9 Å². The average Bonchev–Trinajstić information content (AvgIpc) is 3.19. The van der Waals surface area contributed by atoms with Gasteiger partial charge in [-0.1, -0.05) is 32.9 Å². The number of hydrogen-bond donors (Lipinski definition) is 0. The van der Waals surface area contributed by atoms with Crippen LogP contribution in [0.3, 0.4) is 0 Å². The number of anilines is 1. The number of benzene rings is 1. The Morgan fingerprint density at radius 3 is 2.34 bits per heavy atom. The largest absolute Gasteiger partial charge is 0.462 e. The van der Waals surface area contributed by atoms with E-state index in [0.717, 1.165) is 62.9 Å². The first-order chi connectivity index (χ1) is 18.1. The molecule has 4 fully saturated rings. The third kappa shape index (κ3) is 4.91. The predicted octanol–water partition coefficient (Wildman–Crippen LogP) is 7.43. The van der Waals surface area contributed by atoms with Crippen molar-refractivity contribution in [1.82, 2.24) is 0 Å². The Bertz CT molecular complexity index is 1020. The molecule has 5 rings (SSSR count). The van der Waals surface area contributed by atoms with Crippen LogP contribution in [0.25, 0.3) is 0 Å². The number of ketones is 1. The van der Waals surface area contributed by atoms with E-state index in [1.807, 2.05) is 24.3 Å². The highest BCUT2D eigenvalue weighted by atomic mass is 35.5. The first-order valence-corrected chi connectivity index (χ1v) is 15.9. The van der Waals surface area contributed by atoms with Crippen LogP contribution in [0.4, 0.5) is 5.69 Å². The zero-order valence-electron chi connectivity index (χ0n) is 23.4. The second kappa shape index (κ2) is 11.0. The molecule has 0 amide bonds. The third-order valence-electron chi connectivity index (χ3n) is 11.7. The molecule has 7 unspecified atom stereocenters. The first-order valence-electron chi connectivity index (χ1n) is 14.8. The van der Waals surface area contributed by atoms with Gasteiger partial charge in [0, 0.05) is 42.4 Å². The number of ether oxygens (including phenoxy) is 1. The second-order valence-electron chi connectivity index (χ2n) is 13.4. The number of esters is 1. The van der Waals surface area contributed by atoms with Crippen LogP contribution in [-0.2, 0) is 20.7 Å². The van der Waals surface area contributed by atoms with Gasteiger partial charge in [0.15, 0.2) is 0 Å². The van der Waals surface area contributed by atoms with Gasteiger partial charge in [0.2, 0.25) is 0 Å². The maximum absolute atomic E-state index is 13.0. The van der Waals surface area contributed by atoms with Crippen LogP contribution >= 0.6 is 23.2 Å². The van der Waals surface area contributed by atoms with Gasteiger partial charge in [-0.2, -0.15) is 0 Å². The van der Waals surface area contributed by atoms with Crippen molar-refractivity contribution in [3.63, 3.8) is 0 Å². The van der Waals surface area contributed by atoms with Gasteiger partial charge in [-0.15, -0.1) is 23.2 Å². The normalized spacial score (nSPS) is 38.2. The number of alkyl halides is 2. The topological polar surface area (TPSA) is 46.6 Å². The van der Waals surface area contributed by atoms with Crippen LogP contribution in [0, 0.1) is 34.0 Å². The number of Topliss-reactive ketones (excluding diaryl/α,β-unsaturated/α-hetero) is 1. The summed E-state index contributed by atoms with van der Waals surface area (Å²) in [4.78, 5) is 27.9. The fourth-order valence-corrected chi connectivity index (χ4v) is 9.66. The Morgan fingerprint density at radius 1 is 0.947 bits per heavy atom. The van der Waals surface area contributed by atoms with E-state index in [2.05, 4.69) is 25.7 Å². The first kappa shape index (κ1) is 28.3. The molecule has 0 N–H and O–H groups in total. The summed E-state index contributed by atoms with van der Waals surface area (Å²) in [6, 6.07) is 8.11. The molecular weight excluding hydrogens is 517 g/mol. The van der Waals surface area contributed by atoms with Crippen LogP contribution < -0.4 is 4.90 Å². The summed E-state index contributed by atoms with van der Waals surface area (Å²) in [5.74, 6) is 3.45. The Balaban J connectivity index is 1.20. The summed E-state index contributed by atoms with van der Waals surface area (Å²) < 4.78 is 6.12. The molecule has 0 spiro atoms. The minimum Gasteiger partial charge on any atom is -0.462 e. The molecule has 7 atom stereocenters. The fourth-order valence-electron chi connectivity index (χ4n) is 9.25. The van der Waals surface area contributed by atoms with E-state index in [-0.39, 0.29) is 28.3 Å². The molecule has 6 heteroatoms. The standard InChI is InChI=1S/C32H45Cl2NO3/c1-30-13-11-25-26-8-9-28(36)31(26,2)14-12-27(25)32(30,3)15-10-24(21-30)38-29(37)20-22-4-6-23(7-5-22)35(18-16-33)19-17-34/h4-7,24-27H,8-21H2,1-3H3. The molecule has 4 aliphatic rings. The number of nitrogens with zero attached hydrogens (tertiary/aromatic N) is 1. The number of halogens is 2. The molecule has 210 valence electrons. The summed E-state index contributed by atoms with van der Waals surface area (Å²) in [6.45, 7) is 8.74. The summed E-state index contributed by atoms with van der Waals surface area (Å²) in [7, 11) is 0. The van der Waals surface area contributed by atoms with E-state index >= 15 is 0 Å². The highest BCUT2D eigenvalue weighted by Crippen LogP contribution is 2.69. The van der Waals surface area contributed by atoms with E-state index in [9.17, 15) is 9.59 Å². The van der Waals surface area contributed by atoms with Gasteiger partial charge in [0.25, 0.3) is 0 Å². The lowest BCUT2D eigenvalue weighted by molar-refractivity contribution is -0.182. The van der Waals surface area contributed by atoms with Crippen LogP contribution in [0.2, 0.25) is 0 Å². The minimum absolute atomic E-state index is 0.00115. The van der Waals surface area contributed by atoms with Crippen molar-refractivity contribution >= 4 is 40.6 Å². The predicted molar refractivity (Wildman–Crippen MR) is 155 cm³/mol. The van der Waals surface area contributed by atoms with Crippen LogP contribution in [-0.4, -0.2) is 42.7 Å². The molecule has 4 nitrogen and oxygen atoms in total. The zero-order chi connectivity index (χ0) is 27.1. The zero-order valence-corrected chi connectivity index (χ0v) is 25.0. The lowest BCUT2D eigenvalue weighted by Gasteiger charge is -2.64. The van der Waals surface area contributed by atoms with E-state index in [1.54, 1.807) is 0 Å². The fraction of sp³-hybridized carbons (Fsp3) is 0.750. The molecule has 4 saturated carbocycles. The SMILES string of the molecule is CC12CCC3C(CCC4(C)CC(OC(=O)Cc5ccc(N(CCCl)CCCl)cc5)CCC34C)C1CCC2=O. The van der Waals surface area contributed by atoms with E-state index in [1.165, 1.54) is 19.3 Å². The lowest BCUT2D eigenvalue weighted by atomic mass is 9.40. The average molecular weight is 563 g/mol. The van der Waals surface area contributed by atoms with Crippen molar-refractivity contribution in [3.8, 4) is 0 Å². The van der Waals surface area contributed by atoms with E-state index in [0.29, 0.717) is 41.7 Å². The van der Waals surface area contributed by atoms with Crippen molar-refractivity contribution in [1.29, 1.82) is 0 Å². The minimum atomic E-state index is -0.125. The van der Waals surface area contributed by atoms with Gasteiger partial charge in [0.1, 0.15) is 11.9 Å². The second-order valence-corrected chi connectivity index (χ2v) is 14.1. The van der Waals surface area contributed by atoms with E-state index < -0.39 is 0 Å². The summed E-state index contributed by atoms with van der Waals surface area (Å²) in [6.07, 6.45) is 9.88. The Kier molecular flexibility index (Phi) is 8.15. The molecule has 1 aromatic carbocycles. The number of hydrogen-bond acceptors (Lipinski definition) is 4. The molecule has 0 radical (unpaired) electrons. The number of carbonyl (C=O) groups is 2. The summed E-state index contributed by atoms with van der Waals surface area (Å²) in [5.41, 5.74) is 2.43. The van der Waals surface area contributed by atoms with Gasteiger partial charge in [0.05, 0.1) is 6.42 Å². The number of rotatable bonds is 8. The number of carbonyl (C=O) groups excluding carboxylic acids is 2.